The van der Waals surface area contributed by atoms with Crippen LogP contribution in [0.1, 0.15) is 17.5 Å². The first-order valence-corrected chi connectivity index (χ1v) is 7.44. The molecule has 0 aliphatic carbocycles. The maximum absolute atomic E-state index is 7.43. The lowest BCUT2D eigenvalue weighted by atomic mass is 10.2. The number of halogens is 1. The van der Waals surface area contributed by atoms with Gasteiger partial charge in [0, 0.05) is 42.6 Å². The fraction of sp³-hybridized carbons (Fsp3) is 0.267. The number of anilines is 1. The SMILES string of the molecule is Cc1cc(Br)cnc1N(CCC(=N)N)Cc1cccnc1. The highest BCUT2D eigenvalue weighted by molar-refractivity contribution is 9.10. The van der Waals surface area contributed by atoms with Crippen LogP contribution in [0.5, 0.6) is 0 Å². The lowest BCUT2D eigenvalue weighted by Crippen LogP contribution is -2.28. The molecule has 0 unspecified atom stereocenters. The van der Waals surface area contributed by atoms with Crippen molar-refractivity contribution in [2.45, 2.75) is 19.9 Å². The second-order valence-corrected chi connectivity index (χ2v) is 5.77. The monoisotopic (exact) mass is 347 g/mol. The summed E-state index contributed by atoms with van der Waals surface area (Å²) < 4.78 is 0.955. The van der Waals surface area contributed by atoms with Gasteiger partial charge < -0.3 is 10.6 Å². The van der Waals surface area contributed by atoms with Gasteiger partial charge in [0.25, 0.3) is 0 Å². The van der Waals surface area contributed by atoms with Gasteiger partial charge in [0.05, 0.1) is 5.84 Å². The highest BCUT2D eigenvalue weighted by Gasteiger charge is 2.12. The number of amidine groups is 1. The quantitative estimate of drug-likeness (QED) is 0.622. The smallest absolute Gasteiger partial charge is 0.131 e. The molecule has 0 aromatic carbocycles. The largest absolute Gasteiger partial charge is 0.388 e. The first-order chi connectivity index (χ1) is 10.1. The number of nitrogens with one attached hydrogen (secondary N) is 1. The molecule has 2 rings (SSSR count). The van der Waals surface area contributed by atoms with Gasteiger partial charge >= 0.3 is 0 Å². The third-order valence-electron chi connectivity index (χ3n) is 3.06. The zero-order valence-corrected chi connectivity index (χ0v) is 13.5. The van der Waals surface area contributed by atoms with Crippen molar-refractivity contribution in [2.24, 2.45) is 5.73 Å². The second-order valence-electron chi connectivity index (χ2n) is 4.85. The summed E-state index contributed by atoms with van der Waals surface area (Å²) in [5, 5.41) is 7.43. The molecule has 0 fully saturated rings. The number of aryl methyl sites for hydroxylation is 1. The number of nitrogens with two attached hydrogens (primary N) is 1. The summed E-state index contributed by atoms with van der Waals surface area (Å²) in [7, 11) is 0. The van der Waals surface area contributed by atoms with Crippen molar-refractivity contribution >= 4 is 27.6 Å². The predicted molar refractivity (Wildman–Crippen MR) is 88.5 cm³/mol. The molecule has 3 N–H and O–H groups in total. The van der Waals surface area contributed by atoms with Gasteiger partial charge in [-0.1, -0.05) is 6.07 Å². The van der Waals surface area contributed by atoms with Crippen molar-refractivity contribution in [1.29, 1.82) is 5.41 Å². The van der Waals surface area contributed by atoms with E-state index in [1.54, 1.807) is 12.4 Å². The van der Waals surface area contributed by atoms with E-state index < -0.39 is 0 Å². The van der Waals surface area contributed by atoms with Crippen LogP contribution in [0.25, 0.3) is 0 Å². The van der Waals surface area contributed by atoms with Crippen molar-refractivity contribution in [3.63, 3.8) is 0 Å². The van der Waals surface area contributed by atoms with Crippen LogP contribution in [0.4, 0.5) is 5.82 Å². The van der Waals surface area contributed by atoms with Crippen LogP contribution in [-0.4, -0.2) is 22.3 Å². The average molecular weight is 348 g/mol. The van der Waals surface area contributed by atoms with E-state index in [1.807, 2.05) is 31.3 Å². The molecular weight excluding hydrogens is 330 g/mol. The van der Waals surface area contributed by atoms with E-state index in [1.165, 1.54) is 0 Å². The predicted octanol–water partition coefficient (Wildman–Crippen LogP) is 2.88. The number of aromatic nitrogens is 2. The Balaban J connectivity index is 2.24. The number of hydrogen-bond acceptors (Lipinski definition) is 4. The summed E-state index contributed by atoms with van der Waals surface area (Å²) in [5.41, 5.74) is 7.67. The third kappa shape index (κ3) is 4.53. The topological polar surface area (TPSA) is 78.9 Å². The summed E-state index contributed by atoms with van der Waals surface area (Å²) in [6.45, 7) is 3.37. The van der Waals surface area contributed by atoms with Gasteiger partial charge in [0.1, 0.15) is 5.82 Å². The molecule has 6 heteroatoms. The molecule has 0 aliphatic heterocycles. The highest BCUT2D eigenvalue weighted by Crippen LogP contribution is 2.22. The Morgan fingerprint density at radius 1 is 1.43 bits per heavy atom. The first kappa shape index (κ1) is 15.4. The van der Waals surface area contributed by atoms with Crippen molar-refractivity contribution < 1.29 is 0 Å². The molecule has 2 heterocycles. The first-order valence-electron chi connectivity index (χ1n) is 6.65. The number of nitrogens with zero attached hydrogens (tertiary/aromatic N) is 3. The zero-order chi connectivity index (χ0) is 15.2. The van der Waals surface area contributed by atoms with Crippen molar-refractivity contribution in [1.82, 2.24) is 9.97 Å². The van der Waals surface area contributed by atoms with E-state index >= 15 is 0 Å². The van der Waals surface area contributed by atoms with Gasteiger partial charge in [0.2, 0.25) is 0 Å². The van der Waals surface area contributed by atoms with E-state index in [0.29, 0.717) is 19.5 Å². The molecule has 5 nitrogen and oxygen atoms in total. The molecule has 21 heavy (non-hydrogen) atoms. The lowest BCUT2D eigenvalue weighted by Gasteiger charge is -2.25. The van der Waals surface area contributed by atoms with Crippen LogP contribution in [0, 0.1) is 12.3 Å². The fourth-order valence-corrected chi connectivity index (χ4v) is 2.54. The average Bonchev–Trinajstić information content (AvgIpc) is 2.45. The fourth-order valence-electron chi connectivity index (χ4n) is 2.09. The van der Waals surface area contributed by atoms with Gasteiger partial charge in [-0.25, -0.2) is 4.98 Å². The molecule has 0 amide bonds. The van der Waals surface area contributed by atoms with Crippen LogP contribution in [0.3, 0.4) is 0 Å². The molecule has 0 radical (unpaired) electrons. The molecular formula is C15H18BrN5. The second kappa shape index (κ2) is 7.17. The summed E-state index contributed by atoms with van der Waals surface area (Å²) in [6, 6.07) is 5.98. The highest BCUT2D eigenvalue weighted by atomic mass is 79.9. The molecule has 0 spiro atoms. The van der Waals surface area contributed by atoms with Crippen LogP contribution in [0.2, 0.25) is 0 Å². The van der Waals surface area contributed by atoms with Crippen molar-refractivity contribution in [3.05, 3.63) is 52.4 Å². The minimum Gasteiger partial charge on any atom is -0.388 e. The zero-order valence-electron chi connectivity index (χ0n) is 11.9. The normalized spacial score (nSPS) is 10.4. The minimum absolute atomic E-state index is 0.181. The molecule has 2 aromatic heterocycles. The molecule has 0 atom stereocenters. The van der Waals surface area contributed by atoms with Crippen molar-refractivity contribution in [2.75, 3.05) is 11.4 Å². The summed E-state index contributed by atoms with van der Waals surface area (Å²) in [6.07, 6.45) is 5.89. The Hall–Kier alpha value is -1.95. The number of hydrogen-bond donors (Lipinski definition) is 2. The van der Waals surface area contributed by atoms with E-state index in [-0.39, 0.29) is 5.84 Å². The van der Waals surface area contributed by atoms with Crippen molar-refractivity contribution in [3.8, 4) is 0 Å². The number of rotatable bonds is 6. The van der Waals surface area contributed by atoms with Crippen LogP contribution >= 0.6 is 15.9 Å². The molecule has 0 saturated carbocycles. The standard InChI is InChI=1S/C15H18BrN5/c1-11-7-13(16)9-20-15(11)21(6-4-14(17)18)10-12-3-2-5-19-8-12/h2-3,5,7-9H,4,6,10H2,1H3,(H3,17,18). The Morgan fingerprint density at radius 2 is 2.24 bits per heavy atom. The summed E-state index contributed by atoms with van der Waals surface area (Å²) in [4.78, 5) is 10.8. The molecule has 2 aromatic rings. The molecule has 0 bridgehead atoms. The van der Waals surface area contributed by atoms with Gasteiger partial charge in [-0.15, -0.1) is 0 Å². The van der Waals surface area contributed by atoms with Gasteiger partial charge in [-0.05, 0) is 46.1 Å². The Bertz CT molecular complexity index is 615. The van der Waals surface area contributed by atoms with E-state index in [2.05, 4.69) is 30.8 Å². The van der Waals surface area contributed by atoms with Crippen LogP contribution < -0.4 is 10.6 Å². The van der Waals surface area contributed by atoms with E-state index in [0.717, 1.165) is 21.4 Å². The molecule has 0 aliphatic rings. The summed E-state index contributed by atoms with van der Waals surface area (Å²) in [5.74, 6) is 1.09. The van der Waals surface area contributed by atoms with Gasteiger partial charge in [0.15, 0.2) is 0 Å². The maximum Gasteiger partial charge on any atom is 0.131 e. The molecule has 0 saturated heterocycles. The maximum atomic E-state index is 7.43. The van der Waals surface area contributed by atoms with E-state index in [9.17, 15) is 0 Å². The number of pyridine rings is 2. The third-order valence-corrected chi connectivity index (χ3v) is 3.50. The van der Waals surface area contributed by atoms with Crippen LogP contribution in [0.15, 0.2) is 41.3 Å². The molecule has 110 valence electrons. The lowest BCUT2D eigenvalue weighted by molar-refractivity contribution is 0.779. The summed E-state index contributed by atoms with van der Waals surface area (Å²) >= 11 is 3.43. The van der Waals surface area contributed by atoms with Crippen LogP contribution in [-0.2, 0) is 6.54 Å². The Labute approximate surface area is 132 Å². The van der Waals surface area contributed by atoms with Gasteiger partial charge in [-0.3, -0.25) is 10.4 Å². The Kier molecular flexibility index (Phi) is 5.27. The van der Waals surface area contributed by atoms with E-state index in [4.69, 9.17) is 11.1 Å². The Morgan fingerprint density at radius 3 is 2.86 bits per heavy atom. The van der Waals surface area contributed by atoms with Gasteiger partial charge in [-0.2, -0.15) is 0 Å². The minimum atomic E-state index is 0.181.